The van der Waals surface area contributed by atoms with E-state index >= 15 is 0 Å². The molecule has 1 aliphatic carbocycles. The Kier molecular flexibility index (Phi) is 26.6. The fourth-order valence-corrected chi connectivity index (χ4v) is 11.7. The molecule has 5 nitrogen and oxygen atoms in total. The molecule has 0 bridgehead atoms. The van der Waals surface area contributed by atoms with Crippen LogP contribution in [0.15, 0.2) is 78.5 Å². The minimum absolute atomic E-state index is 0.00797. The lowest BCUT2D eigenvalue weighted by Crippen LogP contribution is -2.29. The molecule has 0 aromatic heterocycles. The Balaban J connectivity index is 1.21. The monoisotopic (exact) mass is 959 g/mol. The van der Waals surface area contributed by atoms with Crippen LogP contribution in [-0.4, -0.2) is 35.6 Å². The third-order valence-electron chi connectivity index (χ3n) is 16.2. The van der Waals surface area contributed by atoms with Gasteiger partial charge < -0.3 is 15.0 Å². The summed E-state index contributed by atoms with van der Waals surface area (Å²) in [6.45, 7) is 16.8. The maximum absolute atomic E-state index is 13.0. The average molecular weight is 960 g/mol. The predicted molar refractivity (Wildman–Crippen MR) is 303 cm³/mol. The number of para-hydroxylation sites is 1. The second kappa shape index (κ2) is 32.5. The maximum atomic E-state index is 13.0. The molecule has 390 valence electrons. The number of anilines is 1. The SMILES string of the molecule is CCCCCCCCCCCCCCCCN1C(=CC=CC2=[N+](CCCCCCCCCCCCCCCC)c3ccccc3C2(C)C)C(C)(C)c2cc(CNC(=O)OC3CC/C=C/CCC3)ccc21. The number of benzene rings is 2. The topological polar surface area (TPSA) is 44.6 Å². The van der Waals surface area contributed by atoms with Crippen molar-refractivity contribution in [3.8, 4) is 0 Å². The molecule has 3 aliphatic rings. The largest absolute Gasteiger partial charge is 0.446 e. The third kappa shape index (κ3) is 18.8. The first-order valence-corrected chi connectivity index (χ1v) is 29.8. The molecule has 2 aromatic rings. The predicted octanol–water partition coefficient (Wildman–Crippen LogP) is 19.4. The Bertz CT molecular complexity index is 1920. The summed E-state index contributed by atoms with van der Waals surface area (Å²) in [5.74, 6) is 0. The Morgan fingerprint density at radius 1 is 0.643 bits per heavy atom. The highest BCUT2D eigenvalue weighted by atomic mass is 16.6. The highest BCUT2D eigenvalue weighted by Gasteiger charge is 2.44. The van der Waals surface area contributed by atoms with Crippen molar-refractivity contribution in [1.82, 2.24) is 5.32 Å². The third-order valence-corrected chi connectivity index (χ3v) is 16.2. The number of nitrogens with zero attached hydrogens (tertiary/aromatic N) is 2. The van der Waals surface area contributed by atoms with E-state index in [2.05, 4.69) is 129 Å². The lowest BCUT2D eigenvalue weighted by atomic mass is 9.81. The molecular formula is C65H104N3O2+. The summed E-state index contributed by atoms with van der Waals surface area (Å²) in [7, 11) is 0. The van der Waals surface area contributed by atoms with E-state index in [1.54, 1.807) is 0 Å². The van der Waals surface area contributed by atoms with Gasteiger partial charge in [-0.3, -0.25) is 0 Å². The zero-order valence-corrected chi connectivity index (χ0v) is 46.2. The Morgan fingerprint density at radius 2 is 1.19 bits per heavy atom. The normalized spacial score (nSPS) is 18.3. The van der Waals surface area contributed by atoms with Crippen LogP contribution in [0.2, 0.25) is 0 Å². The number of carbonyl (C=O) groups excluding carboxylic acids is 1. The maximum Gasteiger partial charge on any atom is 0.407 e. The van der Waals surface area contributed by atoms with Crippen LogP contribution >= 0.6 is 0 Å². The van der Waals surface area contributed by atoms with Gasteiger partial charge in [0.25, 0.3) is 0 Å². The molecule has 5 heteroatoms. The van der Waals surface area contributed by atoms with Crippen molar-refractivity contribution < 1.29 is 14.1 Å². The number of hydrogen-bond acceptors (Lipinski definition) is 3. The van der Waals surface area contributed by atoms with E-state index in [9.17, 15) is 4.79 Å². The average Bonchev–Trinajstić information content (AvgIpc) is 3.69. The molecule has 2 aliphatic heterocycles. The molecular weight excluding hydrogens is 855 g/mol. The number of carbonyl (C=O) groups is 1. The van der Waals surface area contributed by atoms with E-state index in [0.717, 1.165) is 50.8 Å². The number of nitrogens with one attached hydrogen (secondary N) is 1. The minimum atomic E-state index is -0.299. The molecule has 0 radical (unpaired) electrons. The van der Waals surface area contributed by atoms with Crippen molar-refractivity contribution in [2.75, 3.05) is 18.0 Å². The van der Waals surface area contributed by atoms with Gasteiger partial charge in [0.1, 0.15) is 12.6 Å². The minimum Gasteiger partial charge on any atom is -0.446 e. The van der Waals surface area contributed by atoms with Gasteiger partial charge in [-0.25, -0.2) is 4.79 Å². The van der Waals surface area contributed by atoms with Crippen LogP contribution in [0.25, 0.3) is 0 Å². The van der Waals surface area contributed by atoms with Gasteiger partial charge in [-0.1, -0.05) is 237 Å². The van der Waals surface area contributed by atoms with Gasteiger partial charge >= 0.3 is 6.09 Å². The van der Waals surface area contributed by atoms with Crippen LogP contribution < -0.4 is 10.2 Å². The van der Waals surface area contributed by atoms with Crippen LogP contribution in [0.5, 0.6) is 0 Å². The van der Waals surface area contributed by atoms with Gasteiger partial charge in [0.15, 0.2) is 5.71 Å². The quantitative estimate of drug-likeness (QED) is 0.0425. The fourth-order valence-electron chi connectivity index (χ4n) is 11.7. The Hall–Kier alpha value is -3.60. The van der Waals surface area contributed by atoms with Crippen molar-refractivity contribution in [2.24, 2.45) is 0 Å². The number of unbranched alkanes of at least 4 members (excludes halogenated alkanes) is 26. The molecule has 0 fully saturated rings. The molecule has 5 rings (SSSR count). The summed E-state index contributed by atoms with van der Waals surface area (Å²) in [5, 5.41) is 3.11. The zero-order valence-electron chi connectivity index (χ0n) is 46.2. The van der Waals surface area contributed by atoms with E-state index in [0.29, 0.717) is 6.54 Å². The van der Waals surface area contributed by atoms with Crippen LogP contribution in [0.4, 0.5) is 16.2 Å². The van der Waals surface area contributed by atoms with Crippen molar-refractivity contribution in [2.45, 2.75) is 277 Å². The van der Waals surface area contributed by atoms with E-state index in [1.165, 1.54) is 214 Å². The van der Waals surface area contributed by atoms with E-state index in [-0.39, 0.29) is 23.0 Å². The standard InChI is InChI=1S/C65H103N3O2/c1-7-9-11-13-15-17-19-21-23-25-27-29-34-40-51-67-59-46-39-38-45-57(59)64(3,4)61(67)47-42-48-62-65(5,6)58-53-55(54-66-63(69)70-56-43-36-32-31-33-37-44-56)49-50-60(58)68(62)52-41-35-30-28-26-24-22-20-18-16-14-12-10-8-2/h31-32,38-39,42,45-50,53,56H,7-30,33-37,40-41,43-44,51-52,54H2,1-6H3/p+1/b32-31+. The van der Waals surface area contributed by atoms with Crippen molar-refractivity contribution in [3.63, 3.8) is 0 Å². The number of ether oxygens (including phenoxy) is 1. The first-order valence-electron chi connectivity index (χ1n) is 29.8. The van der Waals surface area contributed by atoms with Crippen molar-refractivity contribution >= 4 is 23.2 Å². The summed E-state index contributed by atoms with van der Waals surface area (Å²) in [6.07, 6.45) is 54.9. The summed E-state index contributed by atoms with van der Waals surface area (Å²) in [5.41, 5.74) is 9.11. The van der Waals surface area contributed by atoms with Crippen LogP contribution in [0.1, 0.15) is 270 Å². The number of alkyl carbamates (subject to hydrolysis) is 1. The van der Waals surface area contributed by atoms with Crippen molar-refractivity contribution in [1.29, 1.82) is 0 Å². The van der Waals surface area contributed by atoms with Gasteiger partial charge in [0.05, 0.1) is 5.41 Å². The van der Waals surface area contributed by atoms with Gasteiger partial charge in [0, 0.05) is 54.0 Å². The van der Waals surface area contributed by atoms with Gasteiger partial charge in [-0.15, -0.1) is 0 Å². The lowest BCUT2D eigenvalue weighted by molar-refractivity contribution is -0.438. The second-order valence-electron chi connectivity index (χ2n) is 22.8. The summed E-state index contributed by atoms with van der Waals surface area (Å²) in [6, 6.07) is 16.0. The molecule has 1 amide bonds. The van der Waals surface area contributed by atoms with E-state index in [4.69, 9.17) is 4.74 Å². The number of amides is 1. The Labute approximate surface area is 430 Å². The highest BCUT2D eigenvalue weighted by molar-refractivity contribution is 6.03. The smallest absolute Gasteiger partial charge is 0.407 e. The van der Waals surface area contributed by atoms with Crippen molar-refractivity contribution in [3.05, 3.63) is 95.2 Å². The Morgan fingerprint density at radius 3 is 1.79 bits per heavy atom. The van der Waals surface area contributed by atoms with E-state index in [1.807, 2.05) is 0 Å². The summed E-state index contributed by atoms with van der Waals surface area (Å²) < 4.78 is 8.56. The molecule has 0 spiro atoms. The molecule has 1 unspecified atom stereocenters. The molecule has 2 aromatic carbocycles. The molecule has 2 heterocycles. The highest BCUT2D eigenvalue weighted by Crippen LogP contribution is 2.48. The second-order valence-corrected chi connectivity index (χ2v) is 22.8. The number of hydrogen-bond donors (Lipinski definition) is 1. The summed E-state index contributed by atoms with van der Waals surface area (Å²) >= 11 is 0. The van der Waals surface area contributed by atoms with Gasteiger partial charge in [-0.05, 0) is 82.1 Å². The summed E-state index contributed by atoms with van der Waals surface area (Å²) in [4.78, 5) is 15.6. The number of rotatable bonds is 35. The van der Waals surface area contributed by atoms with E-state index < -0.39 is 0 Å². The van der Waals surface area contributed by atoms with Gasteiger partial charge in [-0.2, -0.15) is 4.58 Å². The number of fused-ring (bicyclic) bond motifs is 2. The number of allylic oxidation sites excluding steroid dienone is 6. The van der Waals surface area contributed by atoms with Crippen LogP contribution in [0, 0.1) is 0 Å². The molecule has 1 N–H and O–H groups in total. The molecule has 0 saturated carbocycles. The van der Waals surface area contributed by atoms with Crippen LogP contribution in [-0.2, 0) is 22.1 Å². The first-order chi connectivity index (χ1) is 34.2. The van der Waals surface area contributed by atoms with Gasteiger partial charge in [0.2, 0.25) is 5.69 Å². The molecule has 1 atom stereocenters. The fraction of sp³-hybridized carbons (Fsp3) is 0.692. The molecule has 0 saturated heterocycles. The first kappa shape index (κ1) is 57.3. The lowest BCUT2D eigenvalue weighted by Gasteiger charge is -2.27. The van der Waals surface area contributed by atoms with Crippen LogP contribution in [0.3, 0.4) is 0 Å². The molecule has 70 heavy (non-hydrogen) atoms. The zero-order chi connectivity index (χ0) is 49.7.